The summed E-state index contributed by atoms with van der Waals surface area (Å²) < 4.78 is 9.83. The predicted octanol–water partition coefficient (Wildman–Crippen LogP) is 1.85. The molecule has 1 aromatic carbocycles. The minimum absolute atomic E-state index is 0.00326. The van der Waals surface area contributed by atoms with Crippen molar-refractivity contribution in [2.45, 2.75) is 19.8 Å². The lowest BCUT2D eigenvalue weighted by Crippen LogP contribution is -2.15. The van der Waals surface area contributed by atoms with Crippen molar-refractivity contribution in [1.29, 1.82) is 5.26 Å². The number of rotatable bonds is 6. The number of hydrogen-bond acceptors (Lipinski definition) is 5. The summed E-state index contributed by atoms with van der Waals surface area (Å²) in [6, 6.07) is 6.85. The van der Waals surface area contributed by atoms with Crippen molar-refractivity contribution in [3.05, 3.63) is 23.8 Å². The van der Waals surface area contributed by atoms with Gasteiger partial charge in [0.2, 0.25) is 5.91 Å². The first-order chi connectivity index (χ1) is 9.62. The number of ether oxygens (including phenoxy) is 2. The first-order valence-electron chi connectivity index (χ1n) is 6.15. The molecule has 0 atom stereocenters. The number of carbonyl (C=O) groups excluding carboxylic acids is 2. The van der Waals surface area contributed by atoms with Crippen LogP contribution >= 0.6 is 0 Å². The first-order valence-corrected chi connectivity index (χ1v) is 6.15. The molecule has 0 heterocycles. The van der Waals surface area contributed by atoms with Gasteiger partial charge in [0.25, 0.3) is 0 Å². The highest BCUT2D eigenvalue weighted by molar-refractivity contribution is 5.95. The molecule has 0 aromatic heterocycles. The number of nitriles is 1. The zero-order valence-electron chi connectivity index (χ0n) is 11.4. The molecule has 0 spiro atoms. The minimum Gasteiger partial charge on any atom is -0.495 e. The number of amides is 1. The van der Waals surface area contributed by atoms with Crippen LogP contribution in [0.2, 0.25) is 0 Å². The van der Waals surface area contributed by atoms with Crippen LogP contribution < -0.4 is 10.1 Å². The van der Waals surface area contributed by atoms with Crippen LogP contribution in [0, 0.1) is 11.3 Å². The lowest BCUT2D eigenvalue weighted by atomic mass is 10.1. The summed E-state index contributed by atoms with van der Waals surface area (Å²) in [6.07, 6.45) is -0.0154. The van der Waals surface area contributed by atoms with E-state index in [1.54, 1.807) is 25.1 Å². The van der Waals surface area contributed by atoms with Crippen LogP contribution in [0.3, 0.4) is 0 Å². The van der Waals surface area contributed by atoms with E-state index in [0.717, 1.165) is 0 Å². The van der Waals surface area contributed by atoms with Gasteiger partial charge >= 0.3 is 5.97 Å². The Balaban J connectivity index is 2.71. The molecule has 0 aliphatic rings. The maximum atomic E-state index is 11.8. The molecule has 1 N–H and O–H groups in total. The molecule has 0 aliphatic carbocycles. The van der Waals surface area contributed by atoms with Crippen LogP contribution in [0.1, 0.15) is 25.3 Å². The van der Waals surface area contributed by atoms with Crippen molar-refractivity contribution in [2.75, 3.05) is 19.0 Å². The van der Waals surface area contributed by atoms with E-state index < -0.39 is 5.97 Å². The number of hydrogen-bond donors (Lipinski definition) is 1. The average molecular weight is 276 g/mol. The van der Waals surface area contributed by atoms with Gasteiger partial charge in [-0.05, 0) is 19.1 Å². The van der Waals surface area contributed by atoms with Gasteiger partial charge in [0.15, 0.2) is 0 Å². The number of nitrogens with zero attached hydrogens (tertiary/aromatic N) is 1. The van der Waals surface area contributed by atoms with Crippen molar-refractivity contribution in [3.63, 3.8) is 0 Å². The number of carbonyl (C=O) groups is 2. The third kappa shape index (κ3) is 4.28. The lowest BCUT2D eigenvalue weighted by Gasteiger charge is -2.11. The number of nitrogens with one attached hydrogen (secondary N) is 1. The second-order valence-corrected chi connectivity index (χ2v) is 3.85. The van der Waals surface area contributed by atoms with Crippen LogP contribution in [0.25, 0.3) is 0 Å². The van der Waals surface area contributed by atoms with Gasteiger partial charge in [-0.15, -0.1) is 0 Å². The Labute approximate surface area is 117 Å². The molecule has 106 valence electrons. The topological polar surface area (TPSA) is 88.4 Å². The zero-order chi connectivity index (χ0) is 15.0. The Morgan fingerprint density at radius 3 is 2.70 bits per heavy atom. The van der Waals surface area contributed by atoms with Gasteiger partial charge in [-0.2, -0.15) is 5.26 Å². The Morgan fingerprint density at radius 1 is 1.35 bits per heavy atom. The molecule has 20 heavy (non-hydrogen) atoms. The zero-order valence-corrected chi connectivity index (χ0v) is 11.4. The summed E-state index contributed by atoms with van der Waals surface area (Å²) in [5.41, 5.74) is 0.611. The van der Waals surface area contributed by atoms with Gasteiger partial charge in [-0.3, -0.25) is 9.59 Å². The van der Waals surface area contributed by atoms with Crippen LogP contribution in [-0.2, 0) is 14.3 Å². The second kappa shape index (κ2) is 7.79. The molecule has 0 bridgehead atoms. The van der Waals surface area contributed by atoms with Gasteiger partial charge < -0.3 is 14.8 Å². The van der Waals surface area contributed by atoms with Crippen molar-refractivity contribution in [2.24, 2.45) is 0 Å². The van der Waals surface area contributed by atoms with Crippen molar-refractivity contribution in [3.8, 4) is 11.8 Å². The molecule has 0 saturated heterocycles. The standard InChI is InChI=1S/C14H16N2O4/c1-3-20-13(18)8-7-12(17)16-14-10(9-15)5-4-6-11(14)19-2/h4-6H,3,7-8H2,1-2H3,(H,16,17). The maximum absolute atomic E-state index is 11.8. The Bertz CT molecular complexity index is 534. The third-order valence-electron chi connectivity index (χ3n) is 2.49. The molecule has 0 fully saturated rings. The molecule has 1 rings (SSSR count). The number of methoxy groups -OCH3 is 1. The molecular weight excluding hydrogens is 260 g/mol. The minimum atomic E-state index is -0.428. The smallest absolute Gasteiger partial charge is 0.306 e. The Kier molecular flexibility index (Phi) is 6.04. The maximum Gasteiger partial charge on any atom is 0.306 e. The predicted molar refractivity (Wildman–Crippen MR) is 72.2 cm³/mol. The highest BCUT2D eigenvalue weighted by Gasteiger charge is 2.13. The van der Waals surface area contributed by atoms with Crippen molar-refractivity contribution >= 4 is 17.6 Å². The average Bonchev–Trinajstić information content (AvgIpc) is 2.45. The fourth-order valence-corrected chi connectivity index (χ4v) is 1.57. The van der Waals surface area contributed by atoms with Gasteiger partial charge in [-0.25, -0.2) is 0 Å². The van der Waals surface area contributed by atoms with Crippen molar-refractivity contribution < 1.29 is 19.1 Å². The summed E-state index contributed by atoms with van der Waals surface area (Å²) in [4.78, 5) is 22.9. The van der Waals surface area contributed by atoms with E-state index in [2.05, 4.69) is 5.32 Å². The summed E-state index contributed by atoms with van der Waals surface area (Å²) in [6.45, 7) is 1.98. The molecule has 6 heteroatoms. The summed E-state index contributed by atoms with van der Waals surface area (Å²) in [5.74, 6) is -0.407. The van der Waals surface area contributed by atoms with E-state index in [1.807, 2.05) is 6.07 Å². The van der Waals surface area contributed by atoms with Gasteiger partial charge in [0.05, 0.1) is 25.7 Å². The van der Waals surface area contributed by atoms with E-state index in [4.69, 9.17) is 14.7 Å². The van der Waals surface area contributed by atoms with E-state index in [-0.39, 0.29) is 25.4 Å². The summed E-state index contributed by atoms with van der Waals surface area (Å²) in [7, 11) is 1.45. The molecule has 0 radical (unpaired) electrons. The Hall–Kier alpha value is -2.55. The molecule has 0 saturated carbocycles. The number of esters is 1. The molecule has 0 unspecified atom stereocenters. The van der Waals surface area contributed by atoms with E-state index >= 15 is 0 Å². The monoisotopic (exact) mass is 276 g/mol. The molecule has 1 amide bonds. The van der Waals surface area contributed by atoms with Crippen LogP contribution in [0.15, 0.2) is 18.2 Å². The molecular formula is C14H16N2O4. The normalized spacial score (nSPS) is 9.45. The number of benzene rings is 1. The first kappa shape index (κ1) is 15.5. The van der Waals surface area contributed by atoms with Gasteiger partial charge in [-0.1, -0.05) is 6.07 Å². The van der Waals surface area contributed by atoms with Crippen molar-refractivity contribution in [1.82, 2.24) is 0 Å². The second-order valence-electron chi connectivity index (χ2n) is 3.85. The van der Waals surface area contributed by atoms with E-state index in [9.17, 15) is 9.59 Å². The van der Waals surface area contributed by atoms with E-state index in [0.29, 0.717) is 17.0 Å². The van der Waals surface area contributed by atoms with E-state index in [1.165, 1.54) is 7.11 Å². The summed E-state index contributed by atoms with van der Waals surface area (Å²) in [5, 5.41) is 11.6. The third-order valence-corrected chi connectivity index (χ3v) is 2.49. The largest absolute Gasteiger partial charge is 0.495 e. The highest BCUT2D eigenvalue weighted by atomic mass is 16.5. The fraction of sp³-hybridized carbons (Fsp3) is 0.357. The fourth-order valence-electron chi connectivity index (χ4n) is 1.57. The van der Waals surface area contributed by atoms with Crippen LogP contribution in [0.5, 0.6) is 5.75 Å². The van der Waals surface area contributed by atoms with Gasteiger partial charge in [0.1, 0.15) is 17.5 Å². The highest BCUT2D eigenvalue weighted by Crippen LogP contribution is 2.27. The molecule has 1 aromatic rings. The number of anilines is 1. The lowest BCUT2D eigenvalue weighted by molar-refractivity contribution is -0.144. The van der Waals surface area contributed by atoms with Gasteiger partial charge in [0, 0.05) is 6.42 Å². The Morgan fingerprint density at radius 2 is 2.10 bits per heavy atom. The quantitative estimate of drug-likeness (QED) is 0.801. The molecule has 0 aliphatic heterocycles. The summed E-state index contributed by atoms with van der Waals surface area (Å²) >= 11 is 0. The van der Waals surface area contributed by atoms with Crippen LogP contribution in [-0.4, -0.2) is 25.6 Å². The SMILES string of the molecule is CCOC(=O)CCC(=O)Nc1c(C#N)cccc1OC. The molecule has 6 nitrogen and oxygen atoms in total. The van der Waals surface area contributed by atoms with Crippen LogP contribution in [0.4, 0.5) is 5.69 Å². The number of para-hydroxylation sites is 1.